The van der Waals surface area contributed by atoms with Crippen LogP contribution < -0.4 is 0 Å². The topological polar surface area (TPSA) is 69.2 Å². The summed E-state index contributed by atoms with van der Waals surface area (Å²) in [4.78, 5) is 14.5. The molecule has 0 unspecified atom stereocenters. The molecule has 19 heavy (non-hydrogen) atoms. The number of furan rings is 1. The smallest absolute Gasteiger partial charge is 0.291 e. The van der Waals surface area contributed by atoms with Crippen molar-refractivity contribution >= 4 is 16.7 Å². The van der Waals surface area contributed by atoms with E-state index in [4.69, 9.17) is 4.42 Å². The Morgan fingerprint density at radius 1 is 1.21 bits per heavy atom. The average molecular weight is 254 g/mol. The Bertz CT molecular complexity index is 777. The first kappa shape index (κ1) is 11.4. The molecule has 0 bridgehead atoms. The number of benzene rings is 1. The van der Waals surface area contributed by atoms with Gasteiger partial charge >= 0.3 is 0 Å². The zero-order chi connectivity index (χ0) is 13.4. The number of nitro groups is 1. The molecule has 1 aromatic carbocycles. The van der Waals surface area contributed by atoms with Gasteiger partial charge in [-0.15, -0.1) is 0 Å². The molecular weight excluding hydrogens is 244 g/mol. The predicted molar refractivity (Wildman–Crippen MR) is 70.8 cm³/mol. The van der Waals surface area contributed by atoms with Crippen molar-refractivity contribution in [1.29, 1.82) is 0 Å². The van der Waals surface area contributed by atoms with Crippen LogP contribution in [0.15, 0.2) is 47.3 Å². The monoisotopic (exact) mass is 254 g/mol. The lowest BCUT2D eigenvalue weighted by Gasteiger charge is -2.06. The summed E-state index contributed by atoms with van der Waals surface area (Å²) in [6.45, 7) is 1.73. The Hall–Kier alpha value is -2.69. The first-order chi connectivity index (χ1) is 9.18. The lowest BCUT2D eigenvalue weighted by molar-refractivity contribution is -0.385. The van der Waals surface area contributed by atoms with E-state index in [1.165, 1.54) is 6.20 Å². The normalized spacial score (nSPS) is 10.8. The van der Waals surface area contributed by atoms with Crippen LogP contribution in [0.25, 0.3) is 22.1 Å². The standard InChI is InChI=1S/C14H10N2O3/c1-9-12(7-15-8-13(9)16(17)18)10-3-2-4-14-11(10)5-6-19-14/h2-8H,1H3. The number of fused-ring (bicyclic) bond motifs is 1. The van der Waals surface area contributed by atoms with Gasteiger partial charge in [-0.25, -0.2) is 0 Å². The summed E-state index contributed by atoms with van der Waals surface area (Å²) in [7, 11) is 0. The van der Waals surface area contributed by atoms with Gasteiger partial charge < -0.3 is 4.42 Å². The maximum absolute atomic E-state index is 11.0. The highest BCUT2D eigenvalue weighted by Crippen LogP contribution is 2.33. The first-order valence-corrected chi connectivity index (χ1v) is 5.74. The molecule has 0 radical (unpaired) electrons. The highest BCUT2D eigenvalue weighted by molar-refractivity contribution is 5.95. The Morgan fingerprint density at radius 2 is 2.05 bits per heavy atom. The molecular formula is C14H10N2O3. The van der Waals surface area contributed by atoms with Crippen LogP contribution in [0.1, 0.15) is 5.56 Å². The van der Waals surface area contributed by atoms with Gasteiger partial charge in [-0.1, -0.05) is 12.1 Å². The van der Waals surface area contributed by atoms with Gasteiger partial charge in [-0.3, -0.25) is 15.1 Å². The Labute approximate surface area is 108 Å². The van der Waals surface area contributed by atoms with Crippen LogP contribution in [-0.2, 0) is 0 Å². The van der Waals surface area contributed by atoms with E-state index in [1.54, 1.807) is 19.4 Å². The minimum Gasteiger partial charge on any atom is -0.464 e. The molecule has 2 heterocycles. The third-order valence-corrected chi connectivity index (χ3v) is 3.17. The maximum atomic E-state index is 11.0. The zero-order valence-corrected chi connectivity index (χ0v) is 10.2. The SMILES string of the molecule is Cc1c(-c2cccc3occc23)cncc1[N+](=O)[O-]. The van der Waals surface area contributed by atoms with Crippen LogP contribution in [0, 0.1) is 17.0 Å². The summed E-state index contributed by atoms with van der Waals surface area (Å²) < 4.78 is 5.34. The lowest BCUT2D eigenvalue weighted by Crippen LogP contribution is -1.95. The quantitative estimate of drug-likeness (QED) is 0.516. The summed E-state index contributed by atoms with van der Waals surface area (Å²) in [6.07, 6.45) is 4.52. The van der Waals surface area contributed by atoms with E-state index in [0.717, 1.165) is 22.1 Å². The van der Waals surface area contributed by atoms with Crippen molar-refractivity contribution in [3.8, 4) is 11.1 Å². The molecule has 3 aromatic rings. The fourth-order valence-electron chi connectivity index (χ4n) is 2.20. The van der Waals surface area contributed by atoms with Crippen molar-refractivity contribution < 1.29 is 9.34 Å². The number of rotatable bonds is 2. The molecule has 5 nitrogen and oxygen atoms in total. The van der Waals surface area contributed by atoms with Gasteiger partial charge in [0.1, 0.15) is 11.8 Å². The lowest BCUT2D eigenvalue weighted by atomic mass is 9.99. The largest absolute Gasteiger partial charge is 0.464 e. The Morgan fingerprint density at radius 3 is 2.84 bits per heavy atom. The van der Waals surface area contributed by atoms with Gasteiger partial charge in [0, 0.05) is 22.7 Å². The zero-order valence-electron chi connectivity index (χ0n) is 10.2. The summed E-state index contributed by atoms with van der Waals surface area (Å²) in [5.41, 5.74) is 3.02. The van der Waals surface area contributed by atoms with E-state index in [2.05, 4.69) is 4.98 Å². The maximum Gasteiger partial charge on any atom is 0.291 e. The number of nitrogens with zero attached hydrogens (tertiary/aromatic N) is 2. The van der Waals surface area contributed by atoms with Gasteiger partial charge in [0.05, 0.1) is 11.2 Å². The average Bonchev–Trinajstić information content (AvgIpc) is 2.87. The number of hydrogen-bond donors (Lipinski definition) is 0. The van der Waals surface area contributed by atoms with Gasteiger partial charge in [0.2, 0.25) is 0 Å². The summed E-state index contributed by atoms with van der Waals surface area (Å²) >= 11 is 0. The van der Waals surface area contributed by atoms with E-state index in [9.17, 15) is 10.1 Å². The highest BCUT2D eigenvalue weighted by Gasteiger charge is 2.17. The van der Waals surface area contributed by atoms with E-state index < -0.39 is 4.92 Å². The van der Waals surface area contributed by atoms with Crippen LogP contribution >= 0.6 is 0 Å². The van der Waals surface area contributed by atoms with E-state index >= 15 is 0 Å². The van der Waals surface area contributed by atoms with Crippen LogP contribution in [0.3, 0.4) is 0 Å². The molecule has 0 amide bonds. The fraction of sp³-hybridized carbons (Fsp3) is 0.0714. The second-order valence-electron chi connectivity index (χ2n) is 4.23. The highest BCUT2D eigenvalue weighted by atomic mass is 16.6. The third-order valence-electron chi connectivity index (χ3n) is 3.17. The minimum absolute atomic E-state index is 0.0259. The molecule has 0 spiro atoms. The molecule has 0 fully saturated rings. The molecule has 0 aliphatic carbocycles. The molecule has 0 saturated heterocycles. The van der Waals surface area contributed by atoms with Crippen molar-refractivity contribution in [2.75, 3.05) is 0 Å². The molecule has 0 aliphatic rings. The molecule has 0 aliphatic heterocycles. The molecule has 2 aromatic heterocycles. The van der Waals surface area contributed by atoms with E-state index in [-0.39, 0.29) is 5.69 Å². The Balaban J connectivity index is 2.30. The minimum atomic E-state index is -0.415. The fourth-order valence-corrected chi connectivity index (χ4v) is 2.20. The van der Waals surface area contributed by atoms with Crippen LogP contribution in [0.2, 0.25) is 0 Å². The van der Waals surface area contributed by atoms with Crippen molar-refractivity contribution in [3.05, 3.63) is 58.6 Å². The number of aromatic nitrogens is 1. The van der Waals surface area contributed by atoms with Gasteiger partial charge in [-0.05, 0) is 24.6 Å². The van der Waals surface area contributed by atoms with Crippen molar-refractivity contribution in [3.63, 3.8) is 0 Å². The van der Waals surface area contributed by atoms with E-state index in [0.29, 0.717) is 5.56 Å². The third kappa shape index (κ3) is 1.76. The predicted octanol–water partition coefficient (Wildman–Crippen LogP) is 3.71. The number of pyridine rings is 1. The Kier molecular flexibility index (Phi) is 2.52. The van der Waals surface area contributed by atoms with E-state index in [1.807, 2.05) is 24.3 Å². The molecule has 3 rings (SSSR count). The van der Waals surface area contributed by atoms with Gasteiger partial charge in [0.15, 0.2) is 0 Å². The molecule has 5 heteroatoms. The van der Waals surface area contributed by atoms with Crippen LogP contribution in [-0.4, -0.2) is 9.91 Å². The van der Waals surface area contributed by atoms with Crippen molar-refractivity contribution in [2.24, 2.45) is 0 Å². The van der Waals surface area contributed by atoms with Crippen molar-refractivity contribution in [2.45, 2.75) is 6.92 Å². The molecule has 0 saturated carbocycles. The van der Waals surface area contributed by atoms with Gasteiger partial charge in [0.25, 0.3) is 5.69 Å². The number of hydrogen-bond acceptors (Lipinski definition) is 4. The first-order valence-electron chi connectivity index (χ1n) is 5.74. The second-order valence-corrected chi connectivity index (χ2v) is 4.23. The summed E-state index contributed by atoms with van der Waals surface area (Å²) in [5, 5.41) is 11.9. The van der Waals surface area contributed by atoms with Crippen LogP contribution in [0.4, 0.5) is 5.69 Å². The van der Waals surface area contributed by atoms with Crippen molar-refractivity contribution in [1.82, 2.24) is 4.98 Å². The van der Waals surface area contributed by atoms with Crippen LogP contribution in [0.5, 0.6) is 0 Å². The summed E-state index contributed by atoms with van der Waals surface area (Å²) in [5.74, 6) is 0. The molecule has 94 valence electrons. The summed E-state index contributed by atoms with van der Waals surface area (Å²) in [6, 6.07) is 7.48. The molecule has 0 N–H and O–H groups in total. The molecule has 0 atom stereocenters. The van der Waals surface area contributed by atoms with Gasteiger partial charge in [-0.2, -0.15) is 0 Å². The second kappa shape index (κ2) is 4.20.